The molecule has 0 saturated heterocycles. The summed E-state index contributed by atoms with van der Waals surface area (Å²) in [6.45, 7) is 8.84. The topological polar surface area (TPSA) is 57.5 Å². The van der Waals surface area contributed by atoms with Gasteiger partial charge in [0.25, 0.3) is 0 Å². The second kappa shape index (κ2) is 7.74. The van der Waals surface area contributed by atoms with Gasteiger partial charge in [-0.25, -0.2) is 0 Å². The average Bonchev–Trinajstić information content (AvgIpc) is 3.09. The highest BCUT2D eigenvalue weighted by Gasteiger charge is 2.62. The summed E-state index contributed by atoms with van der Waals surface area (Å²) in [5.41, 5.74) is 0.236. The van der Waals surface area contributed by atoms with E-state index in [2.05, 4.69) is 32.9 Å². The number of carbonyl (C=O) groups is 1. The van der Waals surface area contributed by atoms with Gasteiger partial charge in [0.2, 0.25) is 0 Å². The second-order valence-corrected chi connectivity index (χ2v) is 11.4. The highest BCUT2D eigenvalue weighted by atomic mass is 16.3. The average molecular weight is 413 g/mol. The Kier molecular flexibility index (Phi) is 5.68. The minimum absolute atomic E-state index is 0.0176. The molecule has 7 atom stereocenters. The molecule has 0 aliphatic heterocycles. The lowest BCUT2D eigenvalue weighted by Crippen LogP contribution is -2.54. The van der Waals surface area contributed by atoms with Gasteiger partial charge in [-0.1, -0.05) is 44.6 Å². The minimum Gasteiger partial charge on any atom is -0.396 e. The number of allylic oxidation sites excluding steroid dienone is 5. The highest BCUT2D eigenvalue weighted by Crippen LogP contribution is 2.67. The van der Waals surface area contributed by atoms with E-state index in [1.807, 2.05) is 19.1 Å². The lowest BCUT2D eigenvalue weighted by atomic mass is 9.47. The Hall–Kier alpha value is -1.19. The van der Waals surface area contributed by atoms with E-state index in [-0.39, 0.29) is 29.1 Å². The second-order valence-electron chi connectivity index (χ2n) is 11.4. The van der Waals surface area contributed by atoms with Crippen molar-refractivity contribution in [2.24, 2.45) is 40.4 Å². The molecular weight excluding hydrogens is 372 g/mol. The third-order valence-electron chi connectivity index (χ3n) is 9.34. The van der Waals surface area contributed by atoms with Crippen molar-refractivity contribution in [1.29, 1.82) is 0 Å². The van der Waals surface area contributed by atoms with Crippen LogP contribution in [0.5, 0.6) is 0 Å². The molecule has 3 saturated carbocycles. The van der Waals surface area contributed by atoms with Crippen LogP contribution >= 0.6 is 0 Å². The fourth-order valence-corrected chi connectivity index (χ4v) is 7.88. The van der Waals surface area contributed by atoms with E-state index in [4.69, 9.17) is 0 Å². The maximum atomic E-state index is 12.0. The molecule has 3 nitrogen and oxygen atoms in total. The van der Waals surface area contributed by atoms with E-state index in [1.165, 1.54) is 5.57 Å². The maximum absolute atomic E-state index is 12.0. The van der Waals surface area contributed by atoms with Crippen molar-refractivity contribution in [3.8, 4) is 0 Å². The van der Waals surface area contributed by atoms with E-state index in [1.54, 1.807) is 6.08 Å². The molecule has 4 aliphatic carbocycles. The molecule has 2 N–H and O–H groups in total. The molecule has 3 fully saturated rings. The molecule has 0 aromatic rings. The third-order valence-corrected chi connectivity index (χ3v) is 9.34. The third kappa shape index (κ3) is 3.37. The zero-order valence-corrected chi connectivity index (χ0v) is 19.2. The Morgan fingerprint density at radius 3 is 2.70 bits per heavy atom. The number of hydrogen-bond donors (Lipinski definition) is 2. The van der Waals surface area contributed by atoms with Crippen molar-refractivity contribution in [2.75, 3.05) is 6.61 Å². The van der Waals surface area contributed by atoms with Crippen molar-refractivity contribution in [3.63, 3.8) is 0 Å². The van der Waals surface area contributed by atoms with Gasteiger partial charge in [0, 0.05) is 17.4 Å². The Balaban J connectivity index is 1.61. The van der Waals surface area contributed by atoms with Crippen LogP contribution in [0.15, 0.2) is 36.0 Å². The number of rotatable bonds is 5. The van der Waals surface area contributed by atoms with Crippen molar-refractivity contribution in [1.82, 2.24) is 0 Å². The van der Waals surface area contributed by atoms with Crippen LogP contribution in [0.25, 0.3) is 0 Å². The molecule has 30 heavy (non-hydrogen) atoms. The van der Waals surface area contributed by atoms with E-state index >= 15 is 0 Å². The molecule has 0 heterocycles. The molecule has 0 radical (unpaired) electrons. The van der Waals surface area contributed by atoms with Gasteiger partial charge in [-0.15, -0.1) is 0 Å². The first-order valence-electron chi connectivity index (χ1n) is 12.1. The number of ketones is 1. The summed E-state index contributed by atoms with van der Waals surface area (Å²) >= 11 is 0. The van der Waals surface area contributed by atoms with Gasteiger partial charge >= 0.3 is 0 Å². The summed E-state index contributed by atoms with van der Waals surface area (Å²) in [4.78, 5) is 12.0. The minimum atomic E-state index is -0.875. The first-order valence-corrected chi connectivity index (χ1v) is 12.1. The lowest BCUT2D eigenvalue weighted by Gasteiger charge is -2.58. The fraction of sp³-hybridized carbons (Fsp3) is 0.741. The molecule has 4 rings (SSSR count). The van der Waals surface area contributed by atoms with Crippen molar-refractivity contribution in [3.05, 3.63) is 36.0 Å². The normalized spacial score (nSPS) is 42.6. The lowest BCUT2D eigenvalue weighted by molar-refractivity contribution is -0.115. The summed E-state index contributed by atoms with van der Waals surface area (Å²) in [7, 11) is 0. The summed E-state index contributed by atoms with van der Waals surface area (Å²) < 4.78 is 0. The summed E-state index contributed by atoms with van der Waals surface area (Å²) in [6.07, 6.45) is 17.2. The maximum Gasteiger partial charge on any atom is 0.178 e. The molecule has 0 bridgehead atoms. The Morgan fingerprint density at radius 2 is 2.00 bits per heavy atom. The molecule has 3 heteroatoms. The van der Waals surface area contributed by atoms with E-state index in [0.717, 1.165) is 44.9 Å². The van der Waals surface area contributed by atoms with Gasteiger partial charge in [-0.2, -0.15) is 0 Å². The largest absolute Gasteiger partial charge is 0.396 e. The van der Waals surface area contributed by atoms with Gasteiger partial charge in [0.05, 0.1) is 5.60 Å². The quantitative estimate of drug-likeness (QED) is 0.608. The Bertz CT molecular complexity index is 773. The molecule has 4 aliphatic rings. The van der Waals surface area contributed by atoms with Crippen LogP contribution in [0.2, 0.25) is 0 Å². The highest BCUT2D eigenvalue weighted by molar-refractivity contribution is 6.01. The Labute approximate surface area is 182 Å². The summed E-state index contributed by atoms with van der Waals surface area (Å²) in [5, 5.41) is 22.2. The van der Waals surface area contributed by atoms with E-state index in [0.29, 0.717) is 23.7 Å². The van der Waals surface area contributed by atoms with Crippen molar-refractivity contribution < 1.29 is 15.0 Å². The standard InChI is InChI=1S/C27H40O3/c1-18(2)6-5-13-26(4,30)24-10-9-23-21-8-7-19-16-20(29)11-14-25(19,3)22(21)12-15-27(23,24)17-28/h5,11,13-14,16,18,21-24,28,30H,6-10,12,15,17H2,1-4H3/b13-5+/t21-,22+,23+,24-,25+,26+,27-/m1/s1. The number of fused-ring (bicyclic) bond motifs is 5. The Morgan fingerprint density at radius 1 is 1.23 bits per heavy atom. The SMILES string of the molecule is CC(C)C/C=C/[C@](C)(O)[C@H]1CC[C@H]2[C@@H]3CCC4=CC(=O)C=C[C@]4(C)[C@H]3CC[C@@]21CO. The van der Waals surface area contributed by atoms with Gasteiger partial charge in [-0.05, 0) is 93.6 Å². The predicted octanol–water partition coefficient (Wildman–Crippen LogP) is 5.24. The summed E-state index contributed by atoms with van der Waals surface area (Å²) in [6, 6.07) is 0. The van der Waals surface area contributed by atoms with E-state index in [9.17, 15) is 15.0 Å². The predicted molar refractivity (Wildman–Crippen MR) is 121 cm³/mol. The van der Waals surface area contributed by atoms with Crippen LogP contribution in [-0.2, 0) is 4.79 Å². The molecule has 0 amide bonds. The zero-order chi connectivity index (χ0) is 21.7. The van der Waals surface area contributed by atoms with Crippen LogP contribution in [0, 0.1) is 40.4 Å². The van der Waals surface area contributed by atoms with Crippen LogP contribution < -0.4 is 0 Å². The number of aliphatic hydroxyl groups excluding tert-OH is 1. The number of carbonyl (C=O) groups excluding carboxylic acids is 1. The van der Waals surface area contributed by atoms with Crippen LogP contribution in [0.4, 0.5) is 0 Å². The van der Waals surface area contributed by atoms with Gasteiger partial charge in [-0.3, -0.25) is 4.79 Å². The zero-order valence-electron chi connectivity index (χ0n) is 19.2. The van der Waals surface area contributed by atoms with Crippen molar-refractivity contribution >= 4 is 5.78 Å². The van der Waals surface area contributed by atoms with E-state index < -0.39 is 5.60 Å². The number of aliphatic hydroxyl groups is 2. The number of hydrogen-bond acceptors (Lipinski definition) is 3. The smallest absolute Gasteiger partial charge is 0.178 e. The fourth-order valence-electron chi connectivity index (χ4n) is 7.88. The first kappa shape index (κ1) is 22.0. The molecular formula is C27H40O3. The van der Waals surface area contributed by atoms with Crippen LogP contribution in [0.3, 0.4) is 0 Å². The monoisotopic (exact) mass is 412 g/mol. The van der Waals surface area contributed by atoms with Gasteiger partial charge in [0.15, 0.2) is 5.78 Å². The van der Waals surface area contributed by atoms with Gasteiger partial charge < -0.3 is 10.2 Å². The molecule has 0 aromatic heterocycles. The van der Waals surface area contributed by atoms with Gasteiger partial charge in [0.1, 0.15) is 0 Å². The summed E-state index contributed by atoms with van der Waals surface area (Å²) in [5.74, 6) is 2.37. The van der Waals surface area contributed by atoms with Crippen LogP contribution in [0.1, 0.15) is 72.6 Å². The molecule has 0 aromatic carbocycles. The first-order chi connectivity index (χ1) is 14.1. The van der Waals surface area contributed by atoms with Crippen LogP contribution in [-0.4, -0.2) is 28.2 Å². The molecule has 0 unspecified atom stereocenters. The molecule has 166 valence electrons. The molecule has 0 spiro atoms. The van der Waals surface area contributed by atoms with Crippen molar-refractivity contribution in [2.45, 2.75) is 78.2 Å².